The van der Waals surface area contributed by atoms with Crippen LogP contribution in [0.5, 0.6) is 11.5 Å². The highest BCUT2D eigenvalue weighted by Crippen LogP contribution is 2.26. The van der Waals surface area contributed by atoms with Gasteiger partial charge in [0.05, 0.1) is 26.0 Å². The molecule has 2 heterocycles. The molecule has 0 unspecified atom stereocenters. The first-order chi connectivity index (χ1) is 16.1. The van der Waals surface area contributed by atoms with Crippen molar-refractivity contribution in [3.63, 3.8) is 0 Å². The number of hydrogen-bond donors (Lipinski definition) is 0. The summed E-state index contributed by atoms with van der Waals surface area (Å²) in [4.78, 5) is 21.1. The average molecular weight is 454 g/mol. The minimum Gasteiger partial charge on any atom is -0.497 e. The van der Waals surface area contributed by atoms with Crippen LogP contribution in [0.2, 0.25) is 0 Å². The summed E-state index contributed by atoms with van der Waals surface area (Å²) in [5.74, 6) is 2.14. The highest BCUT2D eigenvalue weighted by Gasteiger charge is 2.22. The number of halogens is 1. The zero-order valence-electron chi connectivity index (χ0n) is 18.9. The lowest BCUT2D eigenvalue weighted by Crippen LogP contribution is -2.48. The number of oxazole rings is 1. The van der Waals surface area contributed by atoms with Crippen molar-refractivity contribution in [3.8, 4) is 22.8 Å². The minimum atomic E-state index is -0.360. The molecule has 174 valence electrons. The van der Waals surface area contributed by atoms with Crippen LogP contribution in [-0.2, 0) is 17.8 Å². The van der Waals surface area contributed by atoms with E-state index in [2.05, 4.69) is 9.88 Å². The maximum absolute atomic E-state index is 13.9. The number of nitrogens with zero attached hydrogens (tertiary/aromatic N) is 3. The lowest BCUT2D eigenvalue weighted by Gasteiger charge is -2.35. The van der Waals surface area contributed by atoms with Crippen molar-refractivity contribution < 1.29 is 23.1 Å². The quantitative estimate of drug-likeness (QED) is 0.517. The van der Waals surface area contributed by atoms with Crippen molar-refractivity contribution in [1.29, 1.82) is 0 Å². The van der Waals surface area contributed by atoms with Gasteiger partial charge in [-0.3, -0.25) is 9.69 Å². The van der Waals surface area contributed by atoms with Crippen molar-refractivity contribution >= 4 is 5.91 Å². The number of hydrogen-bond acceptors (Lipinski definition) is 6. The Kier molecular flexibility index (Phi) is 7.24. The van der Waals surface area contributed by atoms with E-state index in [1.54, 1.807) is 32.4 Å². The molecule has 1 aliphatic heterocycles. The molecule has 0 spiro atoms. The van der Waals surface area contributed by atoms with Crippen LogP contribution < -0.4 is 9.47 Å². The molecule has 1 aromatic heterocycles. The molecule has 33 heavy (non-hydrogen) atoms. The fourth-order valence-electron chi connectivity index (χ4n) is 3.99. The Bertz CT molecular complexity index is 1090. The van der Waals surface area contributed by atoms with Gasteiger partial charge >= 0.3 is 0 Å². The van der Waals surface area contributed by atoms with Gasteiger partial charge in [-0.05, 0) is 30.3 Å². The Balaban J connectivity index is 1.27. The van der Waals surface area contributed by atoms with Crippen LogP contribution in [0, 0.1) is 5.82 Å². The molecule has 1 saturated heterocycles. The van der Waals surface area contributed by atoms with Crippen molar-refractivity contribution in [3.05, 3.63) is 65.9 Å². The molecule has 8 heteroatoms. The van der Waals surface area contributed by atoms with Gasteiger partial charge in [0.25, 0.3) is 0 Å². The molecule has 7 nitrogen and oxygen atoms in total. The third kappa shape index (κ3) is 5.51. The molecule has 0 aliphatic carbocycles. The Hall–Kier alpha value is -3.39. The first kappa shape index (κ1) is 22.8. The second-order valence-corrected chi connectivity index (χ2v) is 7.93. The number of methoxy groups -OCH3 is 2. The molecular weight excluding hydrogens is 425 g/mol. The van der Waals surface area contributed by atoms with Crippen LogP contribution in [0.4, 0.5) is 4.39 Å². The maximum atomic E-state index is 13.9. The van der Waals surface area contributed by atoms with E-state index in [1.807, 2.05) is 23.1 Å². The average Bonchev–Trinajstić information content (AvgIpc) is 3.32. The van der Waals surface area contributed by atoms with Crippen molar-refractivity contribution in [2.45, 2.75) is 19.4 Å². The fraction of sp³-hybridized carbons (Fsp3) is 0.360. The molecule has 4 rings (SSSR count). The van der Waals surface area contributed by atoms with Crippen molar-refractivity contribution in [2.24, 2.45) is 0 Å². The van der Waals surface area contributed by atoms with Crippen LogP contribution in [0.15, 0.2) is 53.1 Å². The summed E-state index contributed by atoms with van der Waals surface area (Å²) in [6.45, 7) is 3.62. The number of rotatable bonds is 8. The van der Waals surface area contributed by atoms with Gasteiger partial charge in [0.15, 0.2) is 11.7 Å². The van der Waals surface area contributed by atoms with Gasteiger partial charge in [-0.15, -0.1) is 0 Å². The van der Waals surface area contributed by atoms with Gasteiger partial charge in [-0.2, -0.15) is 0 Å². The number of benzene rings is 2. The highest BCUT2D eigenvalue weighted by molar-refractivity contribution is 5.76. The molecule has 2 aromatic carbocycles. The maximum Gasteiger partial charge on any atom is 0.223 e. The summed E-state index contributed by atoms with van der Waals surface area (Å²) in [5, 5.41) is 0. The number of carbonyl (C=O) groups is 1. The molecule has 1 amide bonds. The van der Waals surface area contributed by atoms with E-state index in [9.17, 15) is 9.18 Å². The summed E-state index contributed by atoms with van der Waals surface area (Å²) in [7, 11) is 3.31. The number of piperazine rings is 1. The van der Waals surface area contributed by atoms with Gasteiger partial charge in [0.2, 0.25) is 5.91 Å². The third-order valence-electron chi connectivity index (χ3n) is 5.85. The lowest BCUT2D eigenvalue weighted by molar-refractivity contribution is -0.133. The molecule has 1 aliphatic rings. The number of ether oxygens (including phenoxy) is 2. The Labute approximate surface area is 192 Å². The molecule has 0 atom stereocenters. The fourth-order valence-corrected chi connectivity index (χ4v) is 3.99. The monoisotopic (exact) mass is 453 g/mol. The number of amides is 1. The van der Waals surface area contributed by atoms with Gasteiger partial charge < -0.3 is 18.8 Å². The molecule has 0 N–H and O–H groups in total. The van der Waals surface area contributed by atoms with Gasteiger partial charge in [-0.25, -0.2) is 9.37 Å². The van der Waals surface area contributed by atoms with E-state index in [1.165, 1.54) is 12.3 Å². The van der Waals surface area contributed by atoms with Crippen LogP contribution in [-0.4, -0.2) is 61.1 Å². The van der Waals surface area contributed by atoms with E-state index >= 15 is 0 Å². The van der Waals surface area contributed by atoms with Crippen LogP contribution >= 0.6 is 0 Å². The summed E-state index contributed by atoms with van der Waals surface area (Å²) in [6, 6.07) is 12.2. The van der Waals surface area contributed by atoms with Crippen molar-refractivity contribution in [1.82, 2.24) is 14.8 Å². The first-order valence-corrected chi connectivity index (χ1v) is 11.0. The normalized spacial score (nSPS) is 14.3. The largest absolute Gasteiger partial charge is 0.497 e. The van der Waals surface area contributed by atoms with Gasteiger partial charge in [0, 0.05) is 51.1 Å². The highest BCUT2D eigenvalue weighted by atomic mass is 19.1. The Morgan fingerprint density at radius 2 is 1.88 bits per heavy atom. The number of aryl methyl sites for hydroxylation is 1. The number of aromatic nitrogens is 1. The van der Waals surface area contributed by atoms with E-state index in [4.69, 9.17) is 13.9 Å². The molecule has 0 radical (unpaired) electrons. The lowest BCUT2D eigenvalue weighted by atomic mass is 10.1. The summed E-state index contributed by atoms with van der Waals surface area (Å²) in [5.41, 5.74) is 1.43. The SMILES string of the molecule is COc1ccc(OC)c(CN2CCN(C(=O)CCc3ncc(-c4ccccc4F)o3)CC2)c1. The topological polar surface area (TPSA) is 68.0 Å². The molecule has 3 aromatic rings. The second kappa shape index (κ2) is 10.5. The van der Waals surface area contributed by atoms with Crippen molar-refractivity contribution in [2.75, 3.05) is 40.4 Å². The minimum absolute atomic E-state index is 0.0688. The van der Waals surface area contributed by atoms with E-state index in [0.29, 0.717) is 43.1 Å². The number of carbonyl (C=O) groups excluding carboxylic acids is 1. The summed E-state index contributed by atoms with van der Waals surface area (Å²) in [6.07, 6.45) is 2.19. The predicted octanol–water partition coefficient (Wildman–Crippen LogP) is 3.77. The van der Waals surface area contributed by atoms with E-state index in [-0.39, 0.29) is 11.7 Å². The van der Waals surface area contributed by atoms with Gasteiger partial charge in [0.1, 0.15) is 17.3 Å². The third-order valence-corrected chi connectivity index (χ3v) is 5.85. The molecule has 0 bridgehead atoms. The molecule has 1 fully saturated rings. The predicted molar refractivity (Wildman–Crippen MR) is 122 cm³/mol. The smallest absolute Gasteiger partial charge is 0.223 e. The zero-order chi connectivity index (χ0) is 23.2. The summed E-state index contributed by atoms with van der Waals surface area (Å²) < 4.78 is 30.4. The molecular formula is C25H28FN3O4. The van der Waals surface area contributed by atoms with Gasteiger partial charge in [-0.1, -0.05) is 12.1 Å². The van der Waals surface area contributed by atoms with E-state index < -0.39 is 0 Å². The van der Waals surface area contributed by atoms with Crippen LogP contribution in [0.3, 0.4) is 0 Å². The first-order valence-electron chi connectivity index (χ1n) is 11.0. The Morgan fingerprint density at radius 1 is 1.09 bits per heavy atom. The Morgan fingerprint density at radius 3 is 2.61 bits per heavy atom. The standard InChI is InChI=1S/C25H28FN3O4/c1-31-19-7-8-22(32-2)18(15-19)17-28-11-13-29(14-12-28)25(30)10-9-24-27-16-23(33-24)20-5-3-4-6-21(20)26/h3-8,15-16H,9-14,17H2,1-2H3. The van der Waals surface area contributed by atoms with E-state index in [0.717, 1.165) is 36.7 Å². The van der Waals surface area contributed by atoms with Crippen LogP contribution in [0.1, 0.15) is 17.9 Å². The van der Waals surface area contributed by atoms with Crippen LogP contribution in [0.25, 0.3) is 11.3 Å². The second-order valence-electron chi connectivity index (χ2n) is 7.93. The zero-order valence-corrected chi connectivity index (χ0v) is 18.9. The summed E-state index contributed by atoms with van der Waals surface area (Å²) >= 11 is 0. The molecule has 0 saturated carbocycles.